The lowest BCUT2D eigenvalue weighted by Crippen LogP contribution is -2.43. The maximum atomic E-state index is 11.7. The van der Waals surface area contributed by atoms with E-state index < -0.39 is 0 Å². The molecule has 0 radical (unpaired) electrons. The van der Waals surface area contributed by atoms with Crippen LogP contribution in [0.1, 0.15) is 5.56 Å². The van der Waals surface area contributed by atoms with E-state index in [1.54, 1.807) is 36.8 Å². The molecule has 5 nitrogen and oxygen atoms in total. The van der Waals surface area contributed by atoms with Crippen LogP contribution in [0.15, 0.2) is 82.0 Å². The molecule has 0 spiro atoms. The molecule has 0 saturated heterocycles. The monoisotopic (exact) mass is 510 g/mol. The smallest absolute Gasteiger partial charge is 0.241 e. The Labute approximate surface area is 188 Å². The number of benzene rings is 2. The summed E-state index contributed by atoms with van der Waals surface area (Å²) in [4.78, 5) is 20.2. The lowest BCUT2D eigenvalue weighted by Gasteiger charge is -2.14. The van der Waals surface area contributed by atoms with Gasteiger partial charge in [-0.05, 0) is 29.8 Å². The Hall–Kier alpha value is -2.00. The van der Waals surface area contributed by atoms with E-state index in [0.717, 1.165) is 5.56 Å². The Balaban J connectivity index is 0.00000392. The van der Waals surface area contributed by atoms with Crippen LogP contribution in [0.25, 0.3) is 0 Å². The predicted octanol–water partition coefficient (Wildman–Crippen LogP) is 3.77. The van der Waals surface area contributed by atoms with E-state index in [4.69, 9.17) is 0 Å². The fourth-order valence-electron chi connectivity index (χ4n) is 2.12. The molecule has 28 heavy (non-hydrogen) atoms. The van der Waals surface area contributed by atoms with Crippen molar-refractivity contribution in [2.24, 2.45) is 4.99 Å². The first kappa shape index (κ1) is 24.0. The predicted molar refractivity (Wildman–Crippen MR) is 128 cm³/mol. The van der Waals surface area contributed by atoms with Crippen molar-refractivity contribution in [2.45, 2.75) is 16.3 Å². The number of carbonyl (C=O) groups is 1. The van der Waals surface area contributed by atoms with Gasteiger partial charge in [0.15, 0.2) is 5.96 Å². The number of guanidine groups is 1. The van der Waals surface area contributed by atoms with E-state index in [2.05, 4.69) is 58.6 Å². The molecule has 0 bridgehead atoms. The van der Waals surface area contributed by atoms with Crippen LogP contribution in [0, 0.1) is 0 Å². The number of likely N-dealkylation sites (N-methyl/N-ethyl adjacent to an activating group) is 1. The van der Waals surface area contributed by atoms with Gasteiger partial charge >= 0.3 is 0 Å². The molecule has 150 valence electrons. The van der Waals surface area contributed by atoms with Crippen molar-refractivity contribution >= 4 is 47.6 Å². The van der Waals surface area contributed by atoms with Crippen LogP contribution in [0.4, 0.5) is 0 Å². The molecule has 0 aliphatic carbocycles. The highest BCUT2D eigenvalue weighted by Crippen LogP contribution is 2.27. The largest absolute Gasteiger partial charge is 0.353 e. The second kappa shape index (κ2) is 13.2. The first-order valence-electron chi connectivity index (χ1n) is 8.73. The third-order valence-corrected chi connectivity index (χ3v) is 4.66. The highest BCUT2D eigenvalue weighted by molar-refractivity contribution is 14.0. The Morgan fingerprint density at radius 3 is 2.32 bits per heavy atom. The maximum Gasteiger partial charge on any atom is 0.241 e. The van der Waals surface area contributed by atoms with Gasteiger partial charge in [-0.2, -0.15) is 0 Å². The molecule has 7 heteroatoms. The van der Waals surface area contributed by atoms with Crippen LogP contribution in [-0.2, 0) is 11.3 Å². The quantitative estimate of drug-likeness (QED) is 0.246. The molecule has 0 saturated carbocycles. The molecule has 2 rings (SSSR count). The van der Waals surface area contributed by atoms with Gasteiger partial charge in [-0.15, -0.1) is 30.6 Å². The molecular weight excluding hydrogens is 483 g/mol. The van der Waals surface area contributed by atoms with E-state index >= 15 is 0 Å². The van der Waals surface area contributed by atoms with Crippen molar-refractivity contribution in [3.05, 3.63) is 72.8 Å². The second-order valence-electron chi connectivity index (χ2n) is 6.04. The summed E-state index contributed by atoms with van der Waals surface area (Å²) in [6.07, 6.45) is 1.75. The van der Waals surface area contributed by atoms with Crippen LogP contribution in [-0.4, -0.2) is 44.0 Å². The van der Waals surface area contributed by atoms with Crippen molar-refractivity contribution in [1.29, 1.82) is 0 Å². The van der Waals surface area contributed by atoms with E-state index in [0.29, 0.717) is 19.0 Å². The molecule has 0 unspecified atom stereocenters. The topological polar surface area (TPSA) is 56.7 Å². The summed E-state index contributed by atoms with van der Waals surface area (Å²) in [7, 11) is 3.46. The Morgan fingerprint density at radius 1 is 1.07 bits per heavy atom. The van der Waals surface area contributed by atoms with Gasteiger partial charge in [0, 0.05) is 30.4 Å². The summed E-state index contributed by atoms with van der Waals surface area (Å²) in [5, 5.41) is 6.17. The summed E-state index contributed by atoms with van der Waals surface area (Å²) in [5.74, 6) is 0.582. The van der Waals surface area contributed by atoms with Gasteiger partial charge in [0.25, 0.3) is 0 Å². The Bertz CT molecular complexity index is 764. The zero-order valence-electron chi connectivity index (χ0n) is 16.2. The Kier molecular flexibility index (Phi) is 11.4. The number of hydrogen-bond acceptors (Lipinski definition) is 3. The van der Waals surface area contributed by atoms with Crippen molar-refractivity contribution < 1.29 is 4.79 Å². The first-order chi connectivity index (χ1) is 13.1. The van der Waals surface area contributed by atoms with Crippen molar-refractivity contribution in [2.75, 3.05) is 27.2 Å². The van der Waals surface area contributed by atoms with E-state index in [1.165, 1.54) is 9.79 Å². The van der Waals surface area contributed by atoms with E-state index in [9.17, 15) is 4.79 Å². The number of aliphatic imine (C=N–C) groups is 1. The fourth-order valence-corrected chi connectivity index (χ4v) is 2.96. The standard InChI is InChI=1S/C21H26N4OS.HI/c1-4-14-22-21(24-16-20(26)25(2)3)23-15-17-10-12-19(13-11-17)27-18-8-6-5-7-9-18;/h4-13H,1,14-16H2,2-3H3,(H2,22,23,24);1H. The molecule has 0 aliphatic rings. The third kappa shape index (κ3) is 8.79. The average Bonchev–Trinajstić information content (AvgIpc) is 2.69. The molecular formula is C21H27IN4OS. The van der Waals surface area contributed by atoms with Crippen LogP contribution < -0.4 is 10.6 Å². The van der Waals surface area contributed by atoms with Crippen molar-refractivity contribution in [3.63, 3.8) is 0 Å². The normalized spacial score (nSPS) is 10.6. The van der Waals surface area contributed by atoms with Crippen molar-refractivity contribution in [1.82, 2.24) is 15.5 Å². The van der Waals surface area contributed by atoms with Crippen molar-refractivity contribution in [3.8, 4) is 0 Å². The molecule has 0 heterocycles. The van der Waals surface area contributed by atoms with Gasteiger partial charge in [-0.25, -0.2) is 4.99 Å². The van der Waals surface area contributed by atoms with E-state index in [1.807, 2.05) is 18.2 Å². The third-order valence-electron chi connectivity index (χ3n) is 3.64. The minimum atomic E-state index is -0.00890. The highest BCUT2D eigenvalue weighted by atomic mass is 127. The van der Waals surface area contributed by atoms with Crippen LogP contribution in [0.3, 0.4) is 0 Å². The van der Waals surface area contributed by atoms with Gasteiger partial charge in [-0.3, -0.25) is 4.79 Å². The first-order valence-corrected chi connectivity index (χ1v) is 9.55. The summed E-state index contributed by atoms with van der Waals surface area (Å²) < 4.78 is 0. The Morgan fingerprint density at radius 2 is 1.71 bits per heavy atom. The maximum absolute atomic E-state index is 11.7. The molecule has 2 N–H and O–H groups in total. The SMILES string of the molecule is C=CCNC(=NCc1ccc(Sc2ccccc2)cc1)NCC(=O)N(C)C.I. The highest BCUT2D eigenvalue weighted by Gasteiger charge is 2.05. The zero-order chi connectivity index (χ0) is 19.5. The summed E-state index contributed by atoms with van der Waals surface area (Å²) >= 11 is 1.73. The fraction of sp³-hybridized carbons (Fsp3) is 0.238. The summed E-state index contributed by atoms with van der Waals surface area (Å²) in [6.45, 7) is 5.00. The number of rotatable bonds is 8. The van der Waals surface area contributed by atoms with Crippen LogP contribution in [0.5, 0.6) is 0 Å². The molecule has 0 aliphatic heterocycles. The molecule has 0 atom stereocenters. The lowest BCUT2D eigenvalue weighted by molar-refractivity contribution is -0.127. The minimum absolute atomic E-state index is 0. The number of amides is 1. The number of halogens is 1. The number of nitrogens with one attached hydrogen (secondary N) is 2. The minimum Gasteiger partial charge on any atom is -0.353 e. The molecule has 0 fully saturated rings. The molecule has 2 aromatic rings. The summed E-state index contributed by atoms with van der Waals surface area (Å²) in [6, 6.07) is 18.6. The second-order valence-corrected chi connectivity index (χ2v) is 7.18. The molecule has 0 aromatic heterocycles. The number of hydrogen-bond donors (Lipinski definition) is 2. The lowest BCUT2D eigenvalue weighted by atomic mass is 10.2. The van der Waals surface area contributed by atoms with E-state index in [-0.39, 0.29) is 36.4 Å². The van der Waals surface area contributed by atoms with Crippen LogP contribution in [0.2, 0.25) is 0 Å². The van der Waals surface area contributed by atoms with Gasteiger partial charge in [0.1, 0.15) is 0 Å². The van der Waals surface area contributed by atoms with Gasteiger partial charge < -0.3 is 15.5 Å². The van der Waals surface area contributed by atoms with Crippen LogP contribution >= 0.6 is 35.7 Å². The van der Waals surface area contributed by atoms with Gasteiger partial charge in [0.05, 0.1) is 13.1 Å². The zero-order valence-corrected chi connectivity index (χ0v) is 19.4. The average molecular weight is 510 g/mol. The van der Waals surface area contributed by atoms with Gasteiger partial charge in [0.2, 0.25) is 5.91 Å². The number of carbonyl (C=O) groups excluding carboxylic acids is 1. The molecule has 1 amide bonds. The van der Waals surface area contributed by atoms with Gasteiger partial charge in [-0.1, -0.05) is 48.2 Å². The number of nitrogens with zero attached hydrogens (tertiary/aromatic N) is 2. The summed E-state index contributed by atoms with van der Waals surface area (Å²) in [5.41, 5.74) is 1.10. The molecule has 2 aromatic carbocycles.